The van der Waals surface area contributed by atoms with E-state index in [1.54, 1.807) is 16.8 Å². The Morgan fingerprint density at radius 3 is 1.70 bits per heavy atom. The first-order valence-electron chi connectivity index (χ1n) is 13.6. The molecular formula is C28H44N6O4Si2. The molecule has 0 aliphatic rings. The number of nitro benzene ring substituents is 1. The second kappa shape index (κ2) is 13.1. The van der Waals surface area contributed by atoms with Gasteiger partial charge in [0.25, 0.3) is 5.69 Å². The van der Waals surface area contributed by atoms with Gasteiger partial charge in [-0.2, -0.15) is 10.2 Å². The summed E-state index contributed by atoms with van der Waals surface area (Å²) in [5.74, 6) is 0. The van der Waals surface area contributed by atoms with Crippen molar-refractivity contribution in [1.29, 1.82) is 0 Å². The van der Waals surface area contributed by atoms with Crippen molar-refractivity contribution in [1.82, 2.24) is 19.6 Å². The van der Waals surface area contributed by atoms with Crippen LogP contribution in [0, 0.1) is 24.0 Å². The number of rotatable bonds is 11. The van der Waals surface area contributed by atoms with Crippen molar-refractivity contribution >= 4 is 49.3 Å². The van der Waals surface area contributed by atoms with Gasteiger partial charge in [-0.3, -0.25) is 10.1 Å². The number of nitrogens with zero attached hydrogens (tertiary/aromatic N) is 5. The third kappa shape index (κ3) is 8.98. The molecule has 0 spiro atoms. The summed E-state index contributed by atoms with van der Waals surface area (Å²) in [6, 6.07) is 13.0. The van der Waals surface area contributed by atoms with Crippen molar-refractivity contribution in [3.8, 4) is 0 Å². The molecule has 0 saturated carbocycles. The van der Waals surface area contributed by atoms with Crippen molar-refractivity contribution in [3.05, 3.63) is 57.9 Å². The molecule has 4 rings (SSSR count). The van der Waals surface area contributed by atoms with Crippen LogP contribution in [0.1, 0.15) is 11.4 Å². The minimum atomic E-state index is -1.11. The fourth-order valence-corrected chi connectivity index (χ4v) is 5.57. The molecule has 10 nitrogen and oxygen atoms in total. The Morgan fingerprint density at radius 2 is 1.25 bits per heavy atom. The summed E-state index contributed by atoms with van der Waals surface area (Å²) in [6.45, 7) is 20.2. The summed E-state index contributed by atoms with van der Waals surface area (Å²) in [6.07, 6.45) is 0. The molecule has 2 heterocycles. The van der Waals surface area contributed by atoms with Gasteiger partial charge in [-0.15, -0.1) is 0 Å². The molecule has 0 atom stereocenters. The summed E-state index contributed by atoms with van der Waals surface area (Å²) >= 11 is 0. The zero-order valence-electron chi connectivity index (χ0n) is 25.2. The van der Waals surface area contributed by atoms with Crippen molar-refractivity contribution in [2.24, 2.45) is 0 Å². The highest BCUT2D eigenvalue weighted by Gasteiger charge is 2.15. The number of aromatic nitrogens is 4. The molecule has 0 aliphatic carbocycles. The number of non-ortho nitro benzene ring substituents is 1. The molecule has 2 N–H and O–H groups in total. The minimum absolute atomic E-state index is 0.0748. The number of fused-ring (bicyclic) bond motifs is 2. The Balaban J connectivity index is 0.000000222. The first-order valence-corrected chi connectivity index (χ1v) is 21.1. The lowest BCUT2D eigenvalue weighted by Gasteiger charge is -2.15. The van der Waals surface area contributed by atoms with E-state index in [2.05, 4.69) is 49.5 Å². The number of nitro groups is 1. The lowest BCUT2D eigenvalue weighted by Crippen LogP contribution is -2.22. The number of hydrogen-bond donors (Lipinski definition) is 1. The molecule has 2 aromatic carbocycles. The summed E-state index contributed by atoms with van der Waals surface area (Å²) in [5, 5.41) is 21.9. The van der Waals surface area contributed by atoms with E-state index in [4.69, 9.17) is 15.2 Å². The summed E-state index contributed by atoms with van der Waals surface area (Å²) < 4.78 is 15.0. The molecule has 40 heavy (non-hydrogen) atoms. The van der Waals surface area contributed by atoms with E-state index in [1.165, 1.54) is 12.1 Å². The SMILES string of the molecule is Cc1nn(COCC[Si](C)(C)C)c2cc(N)ccc12.Cc1nn(COCC[Si](C)(C)C)c2cc([N+](=O)[O-])ccc12. The Bertz CT molecular complexity index is 1450. The van der Waals surface area contributed by atoms with Crippen LogP contribution < -0.4 is 5.73 Å². The normalized spacial score (nSPS) is 12.1. The van der Waals surface area contributed by atoms with E-state index in [-0.39, 0.29) is 5.69 Å². The molecule has 218 valence electrons. The largest absolute Gasteiger partial charge is 0.399 e. The summed E-state index contributed by atoms with van der Waals surface area (Å²) in [5.41, 5.74) is 10.3. The van der Waals surface area contributed by atoms with Gasteiger partial charge in [-0.1, -0.05) is 39.3 Å². The van der Waals surface area contributed by atoms with Crippen molar-refractivity contribution in [3.63, 3.8) is 0 Å². The molecule has 0 bridgehead atoms. The van der Waals surface area contributed by atoms with Crippen LogP contribution in [0.25, 0.3) is 21.8 Å². The van der Waals surface area contributed by atoms with Gasteiger partial charge in [-0.25, -0.2) is 9.36 Å². The molecule has 4 aromatic rings. The predicted octanol–water partition coefficient (Wildman–Crippen LogP) is 6.80. The van der Waals surface area contributed by atoms with Crippen LogP contribution in [0.15, 0.2) is 36.4 Å². The lowest BCUT2D eigenvalue weighted by molar-refractivity contribution is -0.384. The maximum absolute atomic E-state index is 10.9. The molecule has 12 heteroatoms. The number of ether oxygens (including phenoxy) is 2. The van der Waals surface area contributed by atoms with Gasteiger partial charge in [0.2, 0.25) is 0 Å². The van der Waals surface area contributed by atoms with E-state index >= 15 is 0 Å². The maximum Gasteiger partial charge on any atom is 0.271 e. The average Bonchev–Trinajstić information content (AvgIpc) is 3.34. The van der Waals surface area contributed by atoms with Gasteiger partial charge < -0.3 is 15.2 Å². The molecule has 0 fully saturated rings. The zero-order valence-corrected chi connectivity index (χ0v) is 27.2. The summed E-state index contributed by atoms with van der Waals surface area (Å²) in [7, 11) is -2.14. The van der Waals surface area contributed by atoms with Gasteiger partial charge in [0.05, 0.1) is 27.3 Å². The van der Waals surface area contributed by atoms with Gasteiger partial charge in [0.1, 0.15) is 13.5 Å². The monoisotopic (exact) mass is 584 g/mol. The molecule has 0 unspecified atom stereocenters. The quantitative estimate of drug-likeness (QED) is 0.0675. The van der Waals surface area contributed by atoms with E-state index in [9.17, 15) is 10.1 Å². The van der Waals surface area contributed by atoms with Gasteiger partial charge in [0, 0.05) is 58.0 Å². The Morgan fingerprint density at radius 1 is 0.800 bits per heavy atom. The first kappa shape index (κ1) is 31.5. The number of nitrogens with two attached hydrogens (primary N) is 1. The third-order valence-corrected chi connectivity index (χ3v) is 9.92. The van der Waals surface area contributed by atoms with Gasteiger partial charge >= 0.3 is 0 Å². The summed E-state index contributed by atoms with van der Waals surface area (Å²) in [4.78, 5) is 10.5. The van der Waals surface area contributed by atoms with Crippen LogP contribution in [-0.2, 0) is 22.9 Å². The van der Waals surface area contributed by atoms with Crippen LogP contribution in [0.3, 0.4) is 0 Å². The van der Waals surface area contributed by atoms with Gasteiger partial charge in [0.15, 0.2) is 0 Å². The number of anilines is 1. The van der Waals surface area contributed by atoms with Gasteiger partial charge in [-0.05, 0) is 50.2 Å². The lowest BCUT2D eigenvalue weighted by atomic mass is 10.2. The van der Waals surface area contributed by atoms with Crippen LogP contribution in [-0.4, -0.2) is 53.8 Å². The molecule has 0 radical (unpaired) electrons. The smallest absolute Gasteiger partial charge is 0.271 e. The number of hydrogen-bond acceptors (Lipinski definition) is 7. The standard InChI is InChI=1S/C14H21N3O3Si.C14H23N3OSi/c1-11-13-6-5-12(17(18)19)9-14(13)16(15-11)10-20-7-8-21(2,3)4;1-11-13-6-5-12(15)9-14(13)17(16-11)10-18-7-8-19(2,3)4/h5-6,9H,7-8,10H2,1-4H3;5-6,9H,7-8,10,15H2,1-4H3. The number of nitrogen functional groups attached to an aromatic ring is 1. The van der Waals surface area contributed by atoms with Crippen molar-refractivity contribution < 1.29 is 14.4 Å². The number of benzene rings is 2. The highest BCUT2D eigenvalue weighted by molar-refractivity contribution is 6.76. The van der Waals surface area contributed by atoms with E-state index in [0.29, 0.717) is 20.1 Å². The second-order valence-corrected chi connectivity index (χ2v) is 23.8. The third-order valence-electron chi connectivity index (χ3n) is 6.51. The van der Waals surface area contributed by atoms with E-state index < -0.39 is 21.1 Å². The predicted molar refractivity (Wildman–Crippen MR) is 168 cm³/mol. The Kier molecular flexibility index (Phi) is 10.3. The average molecular weight is 585 g/mol. The Labute approximate surface area is 238 Å². The second-order valence-electron chi connectivity index (χ2n) is 12.6. The molecule has 0 amide bonds. The fraction of sp³-hybridized carbons (Fsp3) is 0.500. The highest BCUT2D eigenvalue weighted by Crippen LogP contribution is 2.24. The minimum Gasteiger partial charge on any atom is -0.399 e. The van der Waals surface area contributed by atoms with Crippen LogP contribution in [0.4, 0.5) is 11.4 Å². The van der Waals surface area contributed by atoms with Crippen molar-refractivity contribution in [2.45, 2.75) is 78.7 Å². The zero-order chi connectivity index (χ0) is 29.7. The highest BCUT2D eigenvalue weighted by atomic mass is 28.3. The molecule has 0 saturated heterocycles. The molecule has 2 aromatic heterocycles. The molecular weight excluding hydrogens is 541 g/mol. The topological polar surface area (TPSA) is 123 Å². The Hall–Kier alpha value is -3.07. The van der Waals surface area contributed by atoms with E-state index in [0.717, 1.165) is 51.5 Å². The first-order chi connectivity index (χ1) is 18.6. The number of aryl methyl sites for hydroxylation is 2. The van der Waals surface area contributed by atoms with Crippen LogP contribution in [0.2, 0.25) is 51.4 Å². The maximum atomic E-state index is 10.9. The van der Waals surface area contributed by atoms with Crippen LogP contribution >= 0.6 is 0 Å². The van der Waals surface area contributed by atoms with Crippen molar-refractivity contribution in [2.75, 3.05) is 18.9 Å². The van der Waals surface area contributed by atoms with E-state index in [1.807, 2.05) is 36.7 Å². The molecule has 0 aliphatic heterocycles. The van der Waals surface area contributed by atoms with Crippen LogP contribution in [0.5, 0.6) is 0 Å². The fourth-order valence-electron chi connectivity index (χ4n) is 4.05.